The van der Waals surface area contributed by atoms with Crippen LogP contribution in [0, 0.1) is 0 Å². The van der Waals surface area contributed by atoms with Crippen LogP contribution in [0.3, 0.4) is 0 Å². The summed E-state index contributed by atoms with van der Waals surface area (Å²) in [6.45, 7) is 8.96. The van der Waals surface area contributed by atoms with Gasteiger partial charge < -0.3 is 9.64 Å². The lowest BCUT2D eigenvalue weighted by Crippen LogP contribution is -2.58. The number of rotatable bonds is 5. The number of piperazine rings is 1. The van der Waals surface area contributed by atoms with Crippen LogP contribution in [0.4, 0.5) is 0 Å². The summed E-state index contributed by atoms with van der Waals surface area (Å²) in [5, 5.41) is 0. The maximum absolute atomic E-state index is 12.1. The highest BCUT2D eigenvalue weighted by atomic mass is 16.5. The third kappa shape index (κ3) is 3.41. The lowest BCUT2D eigenvalue weighted by molar-refractivity contribution is -0.147. The van der Waals surface area contributed by atoms with Gasteiger partial charge in [0.1, 0.15) is 0 Å². The lowest BCUT2D eigenvalue weighted by Gasteiger charge is -2.45. The molecule has 5 nitrogen and oxygen atoms in total. The number of hydrogen-bond donors (Lipinski definition) is 0. The van der Waals surface area contributed by atoms with E-state index in [1.807, 2.05) is 6.92 Å². The van der Waals surface area contributed by atoms with Gasteiger partial charge in [-0.3, -0.25) is 14.6 Å². The van der Waals surface area contributed by atoms with E-state index in [0.717, 1.165) is 51.7 Å². The minimum Gasteiger partial charge on any atom is -0.466 e. The molecule has 0 amide bonds. The van der Waals surface area contributed by atoms with Gasteiger partial charge in [0, 0.05) is 50.8 Å². The Morgan fingerprint density at radius 3 is 2.52 bits per heavy atom. The third-order valence-corrected chi connectivity index (χ3v) is 5.38. The molecule has 0 aromatic heterocycles. The fraction of sp³-hybridized carbons (Fsp3) is 0.938. The Balaban J connectivity index is 1.69. The number of esters is 1. The van der Waals surface area contributed by atoms with E-state index in [4.69, 9.17) is 4.74 Å². The molecule has 2 aliphatic heterocycles. The Morgan fingerprint density at radius 2 is 1.90 bits per heavy atom. The number of carbonyl (C=O) groups excluding carboxylic acids is 1. The standard InChI is InChI=1S/C16H29N3O2/c1-3-21-15(20)12-16(19-10-8-17(2)9-11-19)6-7-18(13-16)14-4-5-14/h14H,3-13H2,1-2H3. The van der Waals surface area contributed by atoms with Crippen LogP contribution in [0.2, 0.25) is 0 Å². The molecule has 21 heavy (non-hydrogen) atoms. The first-order chi connectivity index (χ1) is 10.1. The second-order valence-electron chi connectivity index (χ2n) is 6.95. The van der Waals surface area contributed by atoms with Crippen LogP contribution in [0.5, 0.6) is 0 Å². The molecule has 5 heteroatoms. The molecule has 0 radical (unpaired) electrons. The Kier molecular flexibility index (Phi) is 4.52. The predicted molar refractivity (Wildman–Crippen MR) is 82.3 cm³/mol. The smallest absolute Gasteiger partial charge is 0.307 e. The highest BCUT2D eigenvalue weighted by Gasteiger charge is 2.48. The zero-order valence-corrected chi connectivity index (χ0v) is 13.5. The second-order valence-corrected chi connectivity index (χ2v) is 6.95. The van der Waals surface area contributed by atoms with Gasteiger partial charge in [-0.05, 0) is 33.2 Å². The molecular weight excluding hydrogens is 266 g/mol. The maximum atomic E-state index is 12.1. The molecule has 3 rings (SSSR count). The highest BCUT2D eigenvalue weighted by molar-refractivity contribution is 5.71. The number of likely N-dealkylation sites (N-methyl/N-ethyl adjacent to an activating group) is 1. The summed E-state index contributed by atoms with van der Waals surface area (Å²) in [5.74, 6) is -0.0194. The minimum absolute atomic E-state index is 0.0194. The van der Waals surface area contributed by atoms with Crippen LogP contribution in [0.1, 0.15) is 32.6 Å². The van der Waals surface area contributed by atoms with Gasteiger partial charge in [0.2, 0.25) is 0 Å². The van der Waals surface area contributed by atoms with Crippen molar-refractivity contribution in [3.05, 3.63) is 0 Å². The molecule has 0 aromatic rings. The molecule has 1 unspecified atom stereocenters. The number of ether oxygens (including phenoxy) is 1. The predicted octanol–water partition coefficient (Wildman–Crippen LogP) is 0.794. The molecular formula is C16H29N3O2. The van der Waals surface area contributed by atoms with Gasteiger partial charge in [0.15, 0.2) is 0 Å². The van der Waals surface area contributed by atoms with Crippen LogP contribution in [-0.4, -0.2) is 85.2 Å². The first kappa shape index (κ1) is 15.3. The van der Waals surface area contributed by atoms with Crippen molar-refractivity contribution in [1.82, 2.24) is 14.7 Å². The van der Waals surface area contributed by atoms with Crippen molar-refractivity contribution in [1.29, 1.82) is 0 Å². The van der Waals surface area contributed by atoms with Crippen LogP contribution >= 0.6 is 0 Å². The monoisotopic (exact) mass is 295 g/mol. The van der Waals surface area contributed by atoms with E-state index in [2.05, 4.69) is 21.7 Å². The van der Waals surface area contributed by atoms with Gasteiger partial charge >= 0.3 is 5.97 Å². The van der Waals surface area contributed by atoms with Crippen molar-refractivity contribution in [2.75, 3.05) is 52.9 Å². The summed E-state index contributed by atoms with van der Waals surface area (Å²) in [6.07, 6.45) is 4.37. The molecule has 1 aliphatic carbocycles. The van der Waals surface area contributed by atoms with Crippen molar-refractivity contribution in [2.45, 2.75) is 44.2 Å². The second kappa shape index (κ2) is 6.23. The average Bonchev–Trinajstić information content (AvgIpc) is 3.22. The molecule has 3 aliphatic rings. The van der Waals surface area contributed by atoms with Crippen LogP contribution in [-0.2, 0) is 9.53 Å². The van der Waals surface area contributed by atoms with Crippen LogP contribution in [0.15, 0.2) is 0 Å². The summed E-state index contributed by atoms with van der Waals surface area (Å²) >= 11 is 0. The van der Waals surface area contributed by atoms with Gasteiger partial charge in [0.25, 0.3) is 0 Å². The van der Waals surface area contributed by atoms with Gasteiger partial charge in [-0.1, -0.05) is 0 Å². The molecule has 3 fully saturated rings. The Bertz CT molecular complexity index is 378. The Morgan fingerprint density at radius 1 is 1.19 bits per heavy atom. The fourth-order valence-corrected chi connectivity index (χ4v) is 3.91. The zero-order chi connectivity index (χ0) is 14.9. The van der Waals surface area contributed by atoms with Crippen molar-refractivity contribution in [3.63, 3.8) is 0 Å². The summed E-state index contributed by atoms with van der Waals surface area (Å²) in [7, 11) is 2.18. The summed E-state index contributed by atoms with van der Waals surface area (Å²) in [5.41, 5.74) is 0.0239. The van der Waals surface area contributed by atoms with E-state index in [0.29, 0.717) is 13.0 Å². The molecule has 2 saturated heterocycles. The largest absolute Gasteiger partial charge is 0.466 e. The highest BCUT2D eigenvalue weighted by Crippen LogP contribution is 2.38. The van der Waals surface area contributed by atoms with E-state index in [9.17, 15) is 4.79 Å². The van der Waals surface area contributed by atoms with E-state index in [1.54, 1.807) is 0 Å². The van der Waals surface area contributed by atoms with E-state index in [1.165, 1.54) is 12.8 Å². The van der Waals surface area contributed by atoms with Crippen LogP contribution in [0.25, 0.3) is 0 Å². The average molecular weight is 295 g/mol. The first-order valence-corrected chi connectivity index (χ1v) is 8.46. The van der Waals surface area contributed by atoms with E-state index in [-0.39, 0.29) is 11.5 Å². The number of carbonyl (C=O) groups is 1. The Labute approximate surface area is 128 Å². The number of likely N-dealkylation sites (tertiary alicyclic amines) is 1. The summed E-state index contributed by atoms with van der Waals surface area (Å²) in [6, 6.07) is 0.793. The van der Waals surface area contributed by atoms with E-state index >= 15 is 0 Å². The van der Waals surface area contributed by atoms with Crippen molar-refractivity contribution in [3.8, 4) is 0 Å². The SMILES string of the molecule is CCOC(=O)CC1(N2CCN(C)CC2)CCN(C2CC2)C1. The van der Waals surface area contributed by atoms with E-state index < -0.39 is 0 Å². The van der Waals surface area contributed by atoms with Gasteiger partial charge in [-0.2, -0.15) is 0 Å². The molecule has 1 atom stereocenters. The molecule has 0 aromatic carbocycles. The fourth-order valence-electron chi connectivity index (χ4n) is 3.91. The number of nitrogens with zero attached hydrogens (tertiary/aromatic N) is 3. The number of hydrogen-bond acceptors (Lipinski definition) is 5. The lowest BCUT2D eigenvalue weighted by atomic mass is 9.91. The van der Waals surface area contributed by atoms with Gasteiger partial charge in [-0.25, -0.2) is 0 Å². The molecule has 0 spiro atoms. The third-order valence-electron chi connectivity index (χ3n) is 5.38. The molecule has 120 valence electrons. The Hall–Kier alpha value is -0.650. The molecule has 0 N–H and O–H groups in total. The quantitative estimate of drug-likeness (QED) is 0.701. The summed E-state index contributed by atoms with van der Waals surface area (Å²) < 4.78 is 5.26. The summed E-state index contributed by atoms with van der Waals surface area (Å²) in [4.78, 5) is 19.7. The first-order valence-electron chi connectivity index (χ1n) is 8.46. The zero-order valence-electron chi connectivity index (χ0n) is 13.5. The minimum atomic E-state index is -0.0194. The van der Waals surface area contributed by atoms with Crippen molar-refractivity contribution in [2.24, 2.45) is 0 Å². The topological polar surface area (TPSA) is 36.0 Å². The molecule has 1 saturated carbocycles. The molecule has 2 heterocycles. The van der Waals surface area contributed by atoms with Crippen molar-refractivity contribution < 1.29 is 9.53 Å². The molecule has 0 bridgehead atoms. The van der Waals surface area contributed by atoms with Crippen LogP contribution < -0.4 is 0 Å². The van der Waals surface area contributed by atoms with Gasteiger partial charge in [0.05, 0.1) is 13.0 Å². The maximum Gasteiger partial charge on any atom is 0.307 e. The van der Waals surface area contributed by atoms with Crippen molar-refractivity contribution >= 4 is 5.97 Å². The van der Waals surface area contributed by atoms with Gasteiger partial charge in [-0.15, -0.1) is 0 Å². The normalized spacial score (nSPS) is 32.5.